The average molecular weight is 434 g/mol. The molecule has 164 valence electrons. The molecule has 0 bridgehead atoms. The number of fused-ring (bicyclic) bond motifs is 1. The van der Waals surface area contributed by atoms with E-state index >= 15 is 0 Å². The van der Waals surface area contributed by atoms with Crippen LogP contribution in [0.5, 0.6) is 0 Å². The molecule has 0 aliphatic heterocycles. The fraction of sp³-hybridized carbons (Fsp3) is 0.136. The molecule has 9 nitrogen and oxygen atoms in total. The quantitative estimate of drug-likeness (QED) is 0.259. The summed E-state index contributed by atoms with van der Waals surface area (Å²) >= 11 is 0. The van der Waals surface area contributed by atoms with Crippen LogP contribution in [0, 0.1) is 5.82 Å². The zero-order valence-corrected chi connectivity index (χ0v) is 17.7. The molecule has 0 atom stereocenters. The molecule has 2 aromatic carbocycles. The lowest BCUT2D eigenvalue weighted by Crippen LogP contribution is -2.21. The minimum absolute atomic E-state index is 0.109. The van der Waals surface area contributed by atoms with Gasteiger partial charge in [-0.15, -0.1) is 0 Å². The Labute approximate surface area is 183 Å². The molecule has 10 heteroatoms. The first-order valence-corrected chi connectivity index (χ1v) is 9.94. The molecular weight excluding hydrogens is 411 g/mol. The van der Waals surface area contributed by atoms with Gasteiger partial charge in [0.2, 0.25) is 5.95 Å². The molecule has 0 saturated heterocycles. The highest BCUT2D eigenvalue weighted by Crippen LogP contribution is 2.34. The van der Waals surface area contributed by atoms with Gasteiger partial charge in [0, 0.05) is 24.8 Å². The van der Waals surface area contributed by atoms with E-state index in [2.05, 4.69) is 32.3 Å². The normalized spacial score (nSPS) is 10.9. The number of halogens is 1. The van der Waals surface area contributed by atoms with Gasteiger partial charge >= 0.3 is 5.69 Å². The number of rotatable bonds is 7. The van der Waals surface area contributed by atoms with Gasteiger partial charge in [0.25, 0.3) is 0 Å². The van der Waals surface area contributed by atoms with Gasteiger partial charge in [-0.3, -0.25) is 10.4 Å². The number of H-pyrrole nitrogens is 1. The van der Waals surface area contributed by atoms with Gasteiger partial charge in [-0.2, -0.15) is 4.98 Å². The van der Waals surface area contributed by atoms with Gasteiger partial charge in [0.05, 0.1) is 28.6 Å². The Morgan fingerprint density at radius 2 is 2.16 bits per heavy atom. The number of aryl methyl sites for hydroxylation is 1. The summed E-state index contributed by atoms with van der Waals surface area (Å²) in [4.78, 5) is 24.8. The van der Waals surface area contributed by atoms with Crippen molar-refractivity contribution in [3.63, 3.8) is 0 Å². The lowest BCUT2D eigenvalue weighted by atomic mass is 10.1. The molecule has 2 heterocycles. The Balaban J connectivity index is 1.73. The number of hydrogen-bond acceptors (Lipinski definition) is 7. The van der Waals surface area contributed by atoms with E-state index in [1.807, 2.05) is 25.1 Å². The van der Waals surface area contributed by atoms with Crippen molar-refractivity contribution in [2.24, 2.45) is 12.9 Å². The SMILES string of the molecule is C=Cc1c(NN)cccc1N(CC)c1nc(Nc2ccc3[nH]c(=O)n(C)c3c2)ncc1F. The number of benzene rings is 2. The largest absolute Gasteiger partial charge is 0.326 e. The molecule has 0 saturated carbocycles. The third kappa shape index (κ3) is 3.67. The minimum Gasteiger partial charge on any atom is -0.324 e. The van der Waals surface area contributed by atoms with Crippen molar-refractivity contribution in [2.75, 3.05) is 22.2 Å². The number of aromatic nitrogens is 4. The number of aromatic amines is 1. The summed E-state index contributed by atoms with van der Waals surface area (Å²) in [6.45, 7) is 6.19. The molecule has 0 spiro atoms. The second-order valence-electron chi connectivity index (χ2n) is 7.04. The zero-order chi connectivity index (χ0) is 22.8. The van der Waals surface area contributed by atoms with E-state index in [0.717, 1.165) is 17.3 Å². The fourth-order valence-corrected chi connectivity index (χ4v) is 3.60. The number of anilines is 5. The summed E-state index contributed by atoms with van der Waals surface area (Å²) in [6.07, 6.45) is 2.78. The van der Waals surface area contributed by atoms with Gasteiger partial charge in [0.1, 0.15) is 0 Å². The van der Waals surface area contributed by atoms with Crippen molar-refractivity contribution >= 4 is 45.9 Å². The smallest absolute Gasteiger partial charge is 0.324 e. The van der Waals surface area contributed by atoms with Crippen molar-refractivity contribution in [3.05, 3.63) is 71.0 Å². The maximum Gasteiger partial charge on any atom is 0.326 e. The van der Waals surface area contributed by atoms with Crippen molar-refractivity contribution in [2.45, 2.75) is 6.92 Å². The summed E-state index contributed by atoms with van der Waals surface area (Å²) in [6, 6.07) is 10.8. The Bertz CT molecular complexity index is 1360. The molecule has 0 unspecified atom stereocenters. The Kier molecular flexibility index (Phi) is 5.61. The third-order valence-electron chi connectivity index (χ3n) is 5.19. The summed E-state index contributed by atoms with van der Waals surface area (Å²) in [5, 5.41) is 3.08. The first-order chi connectivity index (χ1) is 15.5. The fourth-order valence-electron chi connectivity index (χ4n) is 3.60. The first-order valence-electron chi connectivity index (χ1n) is 9.94. The first kappa shape index (κ1) is 21.1. The van der Waals surface area contributed by atoms with Crippen LogP contribution in [0.1, 0.15) is 12.5 Å². The Hall–Kier alpha value is -4.18. The second kappa shape index (κ2) is 8.52. The van der Waals surface area contributed by atoms with Crippen LogP contribution in [0.3, 0.4) is 0 Å². The molecule has 0 radical (unpaired) electrons. The van der Waals surface area contributed by atoms with Crippen LogP contribution in [-0.4, -0.2) is 26.1 Å². The maximum absolute atomic E-state index is 14.8. The van der Waals surface area contributed by atoms with Gasteiger partial charge < -0.3 is 20.6 Å². The number of hydrazine groups is 1. The van der Waals surface area contributed by atoms with Gasteiger partial charge in [0.15, 0.2) is 11.6 Å². The molecule has 0 fully saturated rings. The summed E-state index contributed by atoms with van der Waals surface area (Å²) in [5.41, 5.74) is 6.61. The number of nitrogens with two attached hydrogens (primary N) is 1. The second-order valence-corrected chi connectivity index (χ2v) is 7.04. The van der Waals surface area contributed by atoms with E-state index in [-0.39, 0.29) is 17.5 Å². The van der Waals surface area contributed by atoms with Crippen molar-refractivity contribution in [1.82, 2.24) is 19.5 Å². The molecule has 0 aliphatic rings. The zero-order valence-electron chi connectivity index (χ0n) is 17.7. The molecule has 0 aliphatic carbocycles. The van der Waals surface area contributed by atoms with Crippen LogP contribution in [0.2, 0.25) is 0 Å². The predicted octanol–water partition coefficient (Wildman–Crippen LogP) is 3.63. The Morgan fingerprint density at radius 1 is 1.34 bits per heavy atom. The molecule has 5 N–H and O–H groups in total. The van der Waals surface area contributed by atoms with Gasteiger partial charge in [-0.25, -0.2) is 14.2 Å². The molecule has 0 amide bonds. The average Bonchev–Trinajstić information content (AvgIpc) is 3.09. The van der Waals surface area contributed by atoms with Crippen molar-refractivity contribution in [3.8, 4) is 0 Å². The van der Waals surface area contributed by atoms with E-state index in [1.54, 1.807) is 36.2 Å². The highest BCUT2D eigenvalue weighted by atomic mass is 19.1. The van der Waals surface area contributed by atoms with E-state index in [9.17, 15) is 9.18 Å². The van der Waals surface area contributed by atoms with E-state index in [4.69, 9.17) is 5.84 Å². The highest BCUT2D eigenvalue weighted by Gasteiger charge is 2.19. The van der Waals surface area contributed by atoms with Crippen molar-refractivity contribution in [1.29, 1.82) is 0 Å². The van der Waals surface area contributed by atoms with E-state index in [1.165, 1.54) is 4.57 Å². The number of nitrogens with zero attached hydrogens (tertiary/aromatic N) is 4. The third-order valence-corrected chi connectivity index (χ3v) is 5.19. The number of nitrogen functional groups attached to an aromatic ring is 1. The Morgan fingerprint density at radius 3 is 2.88 bits per heavy atom. The number of hydrogen-bond donors (Lipinski definition) is 4. The van der Waals surface area contributed by atoms with Crippen LogP contribution in [0.15, 0.2) is 54.0 Å². The van der Waals surface area contributed by atoms with Gasteiger partial charge in [-0.05, 0) is 37.3 Å². The lowest BCUT2D eigenvalue weighted by Gasteiger charge is -2.25. The summed E-state index contributed by atoms with van der Waals surface area (Å²) in [5.74, 6) is 5.37. The summed E-state index contributed by atoms with van der Waals surface area (Å²) < 4.78 is 16.3. The van der Waals surface area contributed by atoms with Gasteiger partial charge in [-0.1, -0.05) is 18.7 Å². The standard InChI is InChI=1S/C22H23FN8O/c1-4-14-16(29-24)7-6-8-18(14)31(5-2)20-15(23)12-25-21(28-20)26-13-9-10-17-19(11-13)30(3)22(32)27-17/h4,6-12,29H,1,5,24H2,2-3H3,(H,27,32)(H,25,26,28). The van der Waals surface area contributed by atoms with Crippen LogP contribution < -0.4 is 27.2 Å². The predicted molar refractivity (Wildman–Crippen MR) is 126 cm³/mol. The number of imidazole rings is 1. The maximum atomic E-state index is 14.8. The topological polar surface area (TPSA) is 117 Å². The van der Waals surface area contributed by atoms with Crippen LogP contribution in [0.4, 0.5) is 33.2 Å². The molecule has 4 rings (SSSR count). The highest BCUT2D eigenvalue weighted by molar-refractivity contribution is 5.82. The molecular formula is C22H23FN8O. The van der Waals surface area contributed by atoms with Crippen LogP contribution in [0.25, 0.3) is 17.1 Å². The molecule has 2 aromatic heterocycles. The number of nitrogens with one attached hydrogen (secondary N) is 3. The summed E-state index contributed by atoms with van der Waals surface area (Å²) in [7, 11) is 1.68. The molecule has 32 heavy (non-hydrogen) atoms. The lowest BCUT2D eigenvalue weighted by molar-refractivity contribution is 0.612. The van der Waals surface area contributed by atoms with Crippen LogP contribution in [-0.2, 0) is 7.05 Å². The van der Waals surface area contributed by atoms with E-state index in [0.29, 0.717) is 29.1 Å². The monoisotopic (exact) mass is 434 g/mol. The van der Waals surface area contributed by atoms with E-state index < -0.39 is 5.82 Å². The van der Waals surface area contributed by atoms with Crippen LogP contribution >= 0.6 is 0 Å². The minimum atomic E-state index is -0.568. The molecule has 4 aromatic rings. The van der Waals surface area contributed by atoms with Crippen molar-refractivity contribution < 1.29 is 4.39 Å².